The molecule has 3 heterocycles. The number of ether oxygens (including phenoxy) is 1. The molecule has 1 unspecified atom stereocenters. The largest absolute Gasteiger partial charge is 0.377 e. The number of methoxy groups -OCH3 is 1. The van der Waals surface area contributed by atoms with Gasteiger partial charge in [-0.15, -0.1) is 0 Å². The number of aryl methyl sites for hydroxylation is 1. The zero-order chi connectivity index (χ0) is 18.4. The summed E-state index contributed by atoms with van der Waals surface area (Å²) in [6.07, 6.45) is 3.41. The molecule has 0 radical (unpaired) electrons. The van der Waals surface area contributed by atoms with Gasteiger partial charge in [-0.25, -0.2) is 0 Å². The van der Waals surface area contributed by atoms with Crippen molar-refractivity contribution in [2.45, 2.75) is 58.8 Å². The van der Waals surface area contributed by atoms with Crippen LogP contribution in [0.5, 0.6) is 0 Å². The number of hydrogen-bond donors (Lipinski definition) is 0. The average molecular weight is 364 g/mol. The summed E-state index contributed by atoms with van der Waals surface area (Å²) in [6.45, 7) is 8.85. The molecule has 0 aromatic carbocycles. The predicted octanol–water partition coefficient (Wildman–Crippen LogP) is 1.78. The molecule has 1 atom stereocenters. The van der Waals surface area contributed by atoms with Crippen LogP contribution in [0.3, 0.4) is 0 Å². The molecule has 0 saturated carbocycles. The van der Waals surface area contributed by atoms with Gasteiger partial charge < -0.3 is 13.8 Å². The Balaban J connectivity index is 1.52. The minimum atomic E-state index is 0.382. The van der Waals surface area contributed by atoms with E-state index < -0.39 is 0 Å². The van der Waals surface area contributed by atoms with E-state index in [1.54, 1.807) is 7.11 Å². The number of hydrogen-bond acceptors (Lipinski definition) is 9. The van der Waals surface area contributed by atoms with Gasteiger partial charge in [0.1, 0.15) is 6.61 Å². The summed E-state index contributed by atoms with van der Waals surface area (Å²) in [5.74, 6) is 2.64. The fourth-order valence-electron chi connectivity index (χ4n) is 3.48. The maximum Gasteiger partial charge on any atom is 0.240 e. The summed E-state index contributed by atoms with van der Waals surface area (Å²) < 4.78 is 15.4. The maximum atomic E-state index is 5.32. The molecule has 1 fully saturated rings. The lowest BCUT2D eigenvalue weighted by atomic mass is 10.1. The first kappa shape index (κ1) is 18.9. The molecule has 2 aromatic rings. The maximum absolute atomic E-state index is 5.32. The molecule has 144 valence electrons. The Hall–Kier alpha value is -1.84. The first-order valence-electron chi connectivity index (χ1n) is 9.24. The summed E-state index contributed by atoms with van der Waals surface area (Å²) in [7, 11) is 1.63. The van der Waals surface area contributed by atoms with Crippen LogP contribution in [0.1, 0.15) is 49.6 Å². The topological polar surface area (TPSA) is 93.6 Å². The molecule has 2 aromatic heterocycles. The van der Waals surface area contributed by atoms with Crippen molar-refractivity contribution in [2.24, 2.45) is 0 Å². The molecule has 26 heavy (non-hydrogen) atoms. The second kappa shape index (κ2) is 9.20. The Morgan fingerprint density at radius 1 is 1.15 bits per heavy atom. The van der Waals surface area contributed by atoms with E-state index in [9.17, 15) is 0 Å². The number of nitrogens with zero attached hydrogens (tertiary/aromatic N) is 6. The molecule has 0 aliphatic carbocycles. The monoisotopic (exact) mass is 364 g/mol. The smallest absolute Gasteiger partial charge is 0.240 e. The molecule has 1 aliphatic rings. The Morgan fingerprint density at radius 2 is 2.00 bits per heavy atom. The highest BCUT2D eigenvalue weighted by Gasteiger charge is 2.24. The van der Waals surface area contributed by atoms with Gasteiger partial charge in [0.05, 0.1) is 13.1 Å². The first-order valence-corrected chi connectivity index (χ1v) is 9.24. The van der Waals surface area contributed by atoms with Crippen LogP contribution in [0.2, 0.25) is 0 Å². The SMILES string of the molecule is CCN(Cc1noc(C)n1)C1CCCN(Cc2nc(COC)no2)CC1. The molecule has 0 spiro atoms. The highest BCUT2D eigenvalue weighted by molar-refractivity contribution is 4.88. The molecule has 0 amide bonds. The first-order chi connectivity index (χ1) is 12.7. The van der Waals surface area contributed by atoms with Crippen LogP contribution in [0.15, 0.2) is 9.05 Å². The van der Waals surface area contributed by atoms with Crippen LogP contribution in [0, 0.1) is 6.92 Å². The molecular weight excluding hydrogens is 336 g/mol. The van der Waals surface area contributed by atoms with Gasteiger partial charge in [-0.05, 0) is 32.4 Å². The van der Waals surface area contributed by atoms with Gasteiger partial charge in [0, 0.05) is 26.6 Å². The normalized spacial score (nSPS) is 19.2. The minimum Gasteiger partial charge on any atom is -0.377 e. The molecule has 0 N–H and O–H groups in total. The summed E-state index contributed by atoms with van der Waals surface area (Å²) in [6, 6.07) is 0.524. The third kappa shape index (κ3) is 5.09. The lowest BCUT2D eigenvalue weighted by Gasteiger charge is -2.28. The molecule has 1 aliphatic heterocycles. The summed E-state index contributed by atoms with van der Waals surface area (Å²) in [4.78, 5) is 13.5. The van der Waals surface area contributed by atoms with Crippen molar-refractivity contribution in [3.63, 3.8) is 0 Å². The number of likely N-dealkylation sites (tertiary alicyclic amines) is 1. The fourth-order valence-corrected chi connectivity index (χ4v) is 3.48. The number of rotatable bonds is 8. The van der Waals surface area contributed by atoms with Gasteiger partial charge in [0.2, 0.25) is 11.8 Å². The van der Waals surface area contributed by atoms with E-state index >= 15 is 0 Å². The Kier molecular flexibility index (Phi) is 6.70. The minimum absolute atomic E-state index is 0.382. The van der Waals surface area contributed by atoms with E-state index in [4.69, 9.17) is 13.8 Å². The van der Waals surface area contributed by atoms with Crippen LogP contribution in [-0.4, -0.2) is 62.9 Å². The van der Waals surface area contributed by atoms with Crippen molar-refractivity contribution >= 4 is 0 Å². The van der Waals surface area contributed by atoms with Gasteiger partial charge in [-0.3, -0.25) is 9.80 Å². The van der Waals surface area contributed by atoms with Crippen molar-refractivity contribution < 1.29 is 13.8 Å². The van der Waals surface area contributed by atoms with Crippen molar-refractivity contribution in [1.82, 2.24) is 30.1 Å². The second-order valence-electron chi connectivity index (χ2n) is 6.69. The molecular formula is C17H28N6O3. The highest BCUT2D eigenvalue weighted by Crippen LogP contribution is 2.19. The zero-order valence-electron chi connectivity index (χ0n) is 15.8. The summed E-state index contributed by atoms with van der Waals surface area (Å²) in [5, 5.41) is 7.97. The van der Waals surface area contributed by atoms with E-state index in [2.05, 4.69) is 37.0 Å². The van der Waals surface area contributed by atoms with Crippen LogP contribution in [0.4, 0.5) is 0 Å². The van der Waals surface area contributed by atoms with Gasteiger partial charge in [0.15, 0.2) is 11.6 Å². The Morgan fingerprint density at radius 3 is 2.73 bits per heavy atom. The Labute approximate surface area is 153 Å². The quantitative estimate of drug-likeness (QED) is 0.694. The predicted molar refractivity (Wildman–Crippen MR) is 93.0 cm³/mol. The van der Waals surface area contributed by atoms with E-state index in [1.807, 2.05) is 6.92 Å². The van der Waals surface area contributed by atoms with E-state index in [0.717, 1.165) is 44.8 Å². The zero-order valence-corrected chi connectivity index (χ0v) is 15.8. The third-order valence-electron chi connectivity index (χ3n) is 4.77. The van der Waals surface area contributed by atoms with Crippen molar-refractivity contribution in [3.8, 4) is 0 Å². The van der Waals surface area contributed by atoms with E-state index in [-0.39, 0.29) is 0 Å². The van der Waals surface area contributed by atoms with E-state index in [0.29, 0.717) is 36.8 Å². The van der Waals surface area contributed by atoms with Crippen LogP contribution < -0.4 is 0 Å². The Bertz CT molecular complexity index is 673. The second-order valence-corrected chi connectivity index (χ2v) is 6.69. The summed E-state index contributed by atoms with van der Waals surface area (Å²) in [5.41, 5.74) is 0. The van der Waals surface area contributed by atoms with Gasteiger partial charge in [-0.2, -0.15) is 9.97 Å². The van der Waals surface area contributed by atoms with Gasteiger partial charge >= 0.3 is 0 Å². The fraction of sp³-hybridized carbons (Fsp3) is 0.765. The van der Waals surface area contributed by atoms with Crippen molar-refractivity contribution in [2.75, 3.05) is 26.7 Å². The van der Waals surface area contributed by atoms with Crippen molar-refractivity contribution in [3.05, 3.63) is 23.4 Å². The molecule has 3 rings (SSSR count). The van der Waals surface area contributed by atoms with Gasteiger partial charge in [0.25, 0.3) is 0 Å². The number of aromatic nitrogens is 4. The third-order valence-corrected chi connectivity index (χ3v) is 4.77. The van der Waals surface area contributed by atoms with Gasteiger partial charge in [-0.1, -0.05) is 17.2 Å². The molecule has 9 heteroatoms. The van der Waals surface area contributed by atoms with E-state index in [1.165, 1.54) is 6.42 Å². The summed E-state index contributed by atoms with van der Waals surface area (Å²) >= 11 is 0. The van der Waals surface area contributed by atoms with Crippen LogP contribution >= 0.6 is 0 Å². The standard InChI is InChI=1S/C17H28N6O3/c1-4-23(10-15-18-13(2)25-20-15)14-6-5-8-22(9-7-14)11-17-19-16(12-24-3)21-26-17/h14H,4-12H2,1-3H3. The highest BCUT2D eigenvalue weighted by atomic mass is 16.5. The molecule has 1 saturated heterocycles. The lowest BCUT2D eigenvalue weighted by Crippen LogP contribution is -2.36. The average Bonchev–Trinajstić information content (AvgIpc) is 3.17. The molecule has 0 bridgehead atoms. The van der Waals surface area contributed by atoms with Crippen molar-refractivity contribution in [1.29, 1.82) is 0 Å². The van der Waals surface area contributed by atoms with Crippen LogP contribution in [-0.2, 0) is 24.4 Å². The molecule has 9 nitrogen and oxygen atoms in total. The van der Waals surface area contributed by atoms with Crippen LogP contribution in [0.25, 0.3) is 0 Å². The lowest BCUT2D eigenvalue weighted by molar-refractivity contribution is 0.168.